The number of amides is 3. The zero-order chi connectivity index (χ0) is 24.2. The number of nitrogens with zero attached hydrogens (tertiary/aromatic N) is 2. The molecule has 0 radical (unpaired) electrons. The van der Waals surface area contributed by atoms with Crippen molar-refractivity contribution in [2.45, 2.75) is 70.9 Å². The average Bonchev–Trinajstić information content (AvgIpc) is 3.21. The van der Waals surface area contributed by atoms with Crippen molar-refractivity contribution in [2.75, 3.05) is 36.9 Å². The van der Waals surface area contributed by atoms with Gasteiger partial charge in [-0.15, -0.1) is 0 Å². The summed E-state index contributed by atoms with van der Waals surface area (Å²) in [7, 11) is 1.79. The van der Waals surface area contributed by atoms with E-state index in [-0.39, 0.29) is 29.8 Å². The van der Waals surface area contributed by atoms with Gasteiger partial charge in [0.05, 0.1) is 5.69 Å². The summed E-state index contributed by atoms with van der Waals surface area (Å²) in [4.78, 5) is 36.7. The van der Waals surface area contributed by atoms with Gasteiger partial charge in [-0.05, 0) is 58.6 Å². The van der Waals surface area contributed by atoms with E-state index in [0.717, 1.165) is 55.8 Å². The highest BCUT2D eigenvalue weighted by molar-refractivity contribution is 5.97. The Morgan fingerprint density at radius 3 is 2.30 bits per heavy atom. The van der Waals surface area contributed by atoms with Crippen molar-refractivity contribution in [1.29, 1.82) is 0 Å². The fraction of sp³-hybridized carbons (Fsp3) is 0.625. The number of piperidine rings is 2. The van der Waals surface area contributed by atoms with Crippen molar-refractivity contribution >= 4 is 29.3 Å². The van der Waals surface area contributed by atoms with Crippen LogP contribution in [0.3, 0.4) is 0 Å². The second kappa shape index (κ2) is 10.4. The van der Waals surface area contributed by atoms with E-state index in [1.54, 1.807) is 18.0 Å². The Hall–Kier alpha value is -2.84. The molecule has 3 aliphatic rings. The molecule has 0 atom stereocenters. The van der Waals surface area contributed by atoms with Crippen LogP contribution in [0.4, 0.5) is 20.6 Å². The molecule has 33 heavy (non-hydrogen) atoms. The second-order valence-corrected chi connectivity index (χ2v) is 9.73. The van der Waals surface area contributed by atoms with Gasteiger partial charge >= 0.3 is 6.09 Å². The summed E-state index contributed by atoms with van der Waals surface area (Å²) in [5.74, 6) is -0.427. The van der Waals surface area contributed by atoms with Gasteiger partial charge in [0.2, 0.25) is 11.8 Å². The second-order valence-electron chi connectivity index (χ2n) is 9.73. The zero-order valence-corrected chi connectivity index (χ0v) is 20.0. The van der Waals surface area contributed by atoms with Crippen LogP contribution in [0.2, 0.25) is 0 Å². The van der Waals surface area contributed by atoms with E-state index in [1.165, 1.54) is 0 Å². The summed E-state index contributed by atoms with van der Waals surface area (Å²) < 4.78 is 19.9. The Morgan fingerprint density at radius 2 is 1.76 bits per heavy atom. The van der Waals surface area contributed by atoms with Gasteiger partial charge in [0.15, 0.2) is 0 Å². The maximum Gasteiger partial charge on any atom is 0.410 e. The molecule has 3 amide bonds. The van der Waals surface area contributed by atoms with Crippen molar-refractivity contribution in [2.24, 2.45) is 0 Å². The lowest BCUT2D eigenvalue weighted by Crippen LogP contribution is -2.47. The molecule has 2 saturated heterocycles. The fourth-order valence-electron chi connectivity index (χ4n) is 4.34. The van der Waals surface area contributed by atoms with Crippen molar-refractivity contribution < 1.29 is 23.5 Å². The van der Waals surface area contributed by atoms with Crippen molar-refractivity contribution in [1.82, 2.24) is 10.2 Å². The number of fused-ring (bicyclic) bond motifs is 1. The van der Waals surface area contributed by atoms with Crippen molar-refractivity contribution in [3.05, 3.63) is 23.5 Å². The largest absolute Gasteiger partial charge is 0.444 e. The SMILES string of the molecule is CN(C(=O)OC(C)(C)C)C1CCN(c2c(F)ccc3c2CCN3)CC1.O=C1CCCC(=O)N1. The Labute approximate surface area is 194 Å². The average molecular weight is 463 g/mol. The molecule has 3 heterocycles. The summed E-state index contributed by atoms with van der Waals surface area (Å²) in [6, 6.07) is 3.50. The van der Waals surface area contributed by atoms with Crippen molar-refractivity contribution in [3.8, 4) is 0 Å². The fourth-order valence-corrected chi connectivity index (χ4v) is 4.34. The molecule has 2 N–H and O–H groups in total. The van der Waals surface area contributed by atoms with Gasteiger partial charge in [-0.2, -0.15) is 0 Å². The molecule has 9 heteroatoms. The molecule has 182 valence electrons. The molecule has 1 aromatic rings. The van der Waals surface area contributed by atoms with E-state index in [9.17, 15) is 18.8 Å². The third-order valence-electron chi connectivity index (χ3n) is 6.02. The number of carbonyl (C=O) groups is 3. The highest BCUT2D eigenvalue weighted by Gasteiger charge is 2.31. The third-order valence-corrected chi connectivity index (χ3v) is 6.02. The van der Waals surface area contributed by atoms with Gasteiger partial charge in [-0.1, -0.05) is 0 Å². The first-order valence-electron chi connectivity index (χ1n) is 11.6. The van der Waals surface area contributed by atoms with E-state index in [2.05, 4.69) is 15.5 Å². The Balaban J connectivity index is 0.000000323. The molecule has 0 spiro atoms. The van der Waals surface area contributed by atoms with Crippen molar-refractivity contribution in [3.63, 3.8) is 0 Å². The third kappa shape index (κ3) is 6.58. The molecule has 2 fully saturated rings. The van der Waals surface area contributed by atoms with Gasteiger partial charge in [-0.3, -0.25) is 14.9 Å². The lowest BCUT2D eigenvalue weighted by Gasteiger charge is -2.38. The highest BCUT2D eigenvalue weighted by atomic mass is 19.1. The van der Waals surface area contributed by atoms with Gasteiger partial charge in [0.1, 0.15) is 11.4 Å². The molecule has 1 aromatic carbocycles. The number of imide groups is 1. The summed E-state index contributed by atoms with van der Waals surface area (Å²) in [5.41, 5.74) is 2.37. The highest BCUT2D eigenvalue weighted by Crippen LogP contribution is 2.36. The lowest BCUT2D eigenvalue weighted by molar-refractivity contribution is -0.132. The lowest BCUT2D eigenvalue weighted by atomic mass is 10.0. The Kier molecular flexibility index (Phi) is 7.81. The summed E-state index contributed by atoms with van der Waals surface area (Å²) in [5, 5.41) is 5.51. The number of benzene rings is 1. The predicted octanol–water partition coefficient (Wildman–Crippen LogP) is 3.44. The van der Waals surface area contributed by atoms with Gasteiger partial charge in [-0.25, -0.2) is 9.18 Å². The molecule has 8 nitrogen and oxygen atoms in total. The topological polar surface area (TPSA) is 91.0 Å². The Morgan fingerprint density at radius 1 is 1.12 bits per heavy atom. The first kappa shape index (κ1) is 24.8. The molecule has 0 bridgehead atoms. The molecular weight excluding hydrogens is 427 g/mol. The van der Waals surface area contributed by atoms with Crippen LogP contribution in [0, 0.1) is 5.82 Å². The monoisotopic (exact) mass is 462 g/mol. The zero-order valence-electron chi connectivity index (χ0n) is 20.0. The van der Waals surface area contributed by atoms with Crippen LogP contribution in [0.1, 0.15) is 58.4 Å². The quantitative estimate of drug-likeness (QED) is 0.655. The number of anilines is 2. The maximum absolute atomic E-state index is 14.4. The summed E-state index contributed by atoms with van der Waals surface area (Å²) in [6.45, 7) is 7.95. The van der Waals surface area contributed by atoms with Crippen LogP contribution in [-0.2, 0) is 20.7 Å². The minimum absolute atomic E-state index is 0.129. The van der Waals surface area contributed by atoms with E-state index in [1.807, 2.05) is 26.8 Å². The first-order chi connectivity index (χ1) is 15.5. The standard InChI is InChI=1S/C19H28FN3O2.C5H7NO2/c1-19(2,3)25-18(24)22(4)13-8-11-23(12-9-13)17-14-7-10-21-16(14)6-5-15(17)20;7-4-2-1-3-5(8)6-4/h5-6,13,21H,7-12H2,1-4H3;1-3H2,(H,6,7,8). The normalized spacial score (nSPS) is 18.5. The van der Waals surface area contributed by atoms with Crippen LogP contribution >= 0.6 is 0 Å². The van der Waals surface area contributed by atoms with Crippen LogP contribution in [0.5, 0.6) is 0 Å². The van der Waals surface area contributed by atoms with Crippen LogP contribution < -0.4 is 15.5 Å². The molecule has 0 aliphatic carbocycles. The minimum atomic E-state index is -0.493. The van der Waals surface area contributed by atoms with E-state index >= 15 is 0 Å². The first-order valence-corrected chi connectivity index (χ1v) is 11.6. The Bertz CT molecular complexity index is 877. The number of ether oxygens (including phenoxy) is 1. The minimum Gasteiger partial charge on any atom is -0.444 e. The summed E-state index contributed by atoms with van der Waals surface area (Å²) >= 11 is 0. The number of halogens is 1. The smallest absolute Gasteiger partial charge is 0.410 e. The molecule has 0 aromatic heterocycles. The number of rotatable bonds is 2. The van der Waals surface area contributed by atoms with E-state index < -0.39 is 5.60 Å². The predicted molar refractivity (Wildman–Crippen MR) is 125 cm³/mol. The van der Waals surface area contributed by atoms with Crippen LogP contribution in [-0.4, -0.2) is 61.1 Å². The maximum atomic E-state index is 14.4. The molecular formula is C24H35FN4O4. The number of hydrogen-bond acceptors (Lipinski definition) is 6. The molecule has 0 unspecified atom stereocenters. The number of nitrogens with one attached hydrogen (secondary N) is 2. The molecule has 0 saturated carbocycles. The van der Waals surface area contributed by atoms with Gasteiger partial charge in [0.25, 0.3) is 0 Å². The molecule has 4 rings (SSSR count). The summed E-state index contributed by atoms with van der Waals surface area (Å²) in [6.07, 6.45) is 3.92. The van der Waals surface area contributed by atoms with Crippen LogP contribution in [0.25, 0.3) is 0 Å². The van der Waals surface area contributed by atoms with Crippen LogP contribution in [0.15, 0.2) is 12.1 Å². The van der Waals surface area contributed by atoms with E-state index in [0.29, 0.717) is 19.3 Å². The molecule has 3 aliphatic heterocycles. The van der Waals surface area contributed by atoms with E-state index in [4.69, 9.17) is 4.74 Å². The van der Waals surface area contributed by atoms with Gasteiger partial charge < -0.3 is 19.9 Å². The van der Waals surface area contributed by atoms with Gasteiger partial charge in [0, 0.05) is 56.8 Å². The number of carbonyl (C=O) groups excluding carboxylic acids is 3. The number of hydrogen-bond donors (Lipinski definition) is 2.